The molecular weight excluding hydrogens is 200 g/mol. The number of benzene rings is 1. The molecule has 88 valence electrons. The zero-order valence-corrected chi connectivity index (χ0v) is 10.4. The molecule has 1 amide bonds. The van der Waals surface area contributed by atoms with Gasteiger partial charge in [-0.2, -0.15) is 0 Å². The van der Waals surface area contributed by atoms with Gasteiger partial charge in [-0.1, -0.05) is 12.1 Å². The van der Waals surface area contributed by atoms with Gasteiger partial charge in [-0.3, -0.25) is 4.79 Å². The summed E-state index contributed by atoms with van der Waals surface area (Å²) in [6.07, 6.45) is 0. The quantitative estimate of drug-likeness (QED) is 0.778. The van der Waals surface area contributed by atoms with Crippen LogP contribution in [0.4, 0.5) is 5.69 Å². The van der Waals surface area contributed by atoms with E-state index in [0.29, 0.717) is 17.8 Å². The first kappa shape index (κ1) is 12.6. The average Bonchev–Trinajstić information content (AvgIpc) is 2.17. The molecule has 0 spiro atoms. The number of nitrogens with zero attached hydrogens (tertiary/aromatic N) is 1. The lowest BCUT2D eigenvalue weighted by Gasteiger charge is -2.35. The molecule has 2 N–H and O–H groups in total. The Morgan fingerprint density at radius 1 is 1.31 bits per heavy atom. The highest BCUT2D eigenvalue weighted by Gasteiger charge is 2.26. The Bertz CT molecular complexity index is 380. The number of para-hydroxylation sites is 1. The van der Waals surface area contributed by atoms with Gasteiger partial charge in [0.05, 0.1) is 5.56 Å². The van der Waals surface area contributed by atoms with Crippen molar-refractivity contribution in [1.82, 2.24) is 4.90 Å². The van der Waals surface area contributed by atoms with E-state index in [1.165, 1.54) is 0 Å². The van der Waals surface area contributed by atoms with E-state index in [4.69, 9.17) is 5.73 Å². The van der Waals surface area contributed by atoms with Crippen LogP contribution in [0.25, 0.3) is 0 Å². The lowest BCUT2D eigenvalue weighted by molar-refractivity contribution is 0.0600. The summed E-state index contributed by atoms with van der Waals surface area (Å²) in [4.78, 5) is 14.1. The molecule has 0 unspecified atom stereocenters. The molecule has 0 bridgehead atoms. The second kappa shape index (κ2) is 4.56. The van der Waals surface area contributed by atoms with Crippen LogP contribution in [-0.2, 0) is 0 Å². The van der Waals surface area contributed by atoms with Crippen molar-refractivity contribution in [1.29, 1.82) is 0 Å². The molecule has 0 aliphatic carbocycles. The summed E-state index contributed by atoms with van der Waals surface area (Å²) >= 11 is 0. The van der Waals surface area contributed by atoms with Gasteiger partial charge >= 0.3 is 0 Å². The monoisotopic (exact) mass is 220 g/mol. The molecule has 0 aliphatic heterocycles. The molecule has 0 aromatic heterocycles. The fraction of sp³-hybridized carbons (Fsp3) is 0.462. The Balaban J connectivity index is 3.06. The van der Waals surface area contributed by atoms with E-state index in [-0.39, 0.29) is 11.4 Å². The summed E-state index contributed by atoms with van der Waals surface area (Å²) in [6.45, 7) is 8.72. The van der Waals surface area contributed by atoms with Gasteiger partial charge in [0.1, 0.15) is 0 Å². The largest absolute Gasteiger partial charge is 0.398 e. The molecule has 0 radical (unpaired) electrons. The van der Waals surface area contributed by atoms with Gasteiger partial charge in [0.2, 0.25) is 0 Å². The summed E-state index contributed by atoms with van der Waals surface area (Å²) in [7, 11) is 0. The van der Waals surface area contributed by atoms with E-state index in [1.807, 2.05) is 44.7 Å². The van der Waals surface area contributed by atoms with E-state index in [1.54, 1.807) is 12.1 Å². The number of carbonyl (C=O) groups excluding carboxylic acids is 1. The normalized spacial score (nSPS) is 11.2. The first-order chi connectivity index (χ1) is 7.38. The fourth-order valence-electron chi connectivity index (χ4n) is 1.76. The minimum absolute atomic E-state index is 0.00639. The molecule has 1 aromatic carbocycles. The van der Waals surface area contributed by atoms with Gasteiger partial charge in [0, 0.05) is 17.8 Å². The van der Waals surface area contributed by atoms with Crippen molar-refractivity contribution in [3.05, 3.63) is 29.8 Å². The zero-order chi connectivity index (χ0) is 12.3. The van der Waals surface area contributed by atoms with E-state index in [2.05, 4.69) is 0 Å². The topological polar surface area (TPSA) is 46.3 Å². The summed E-state index contributed by atoms with van der Waals surface area (Å²) in [5, 5.41) is 0. The van der Waals surface area contributed by atoms with Crippen molar-refractivity contribution in [2.45, 2.75) is 33.2 Å². The van der Waals surface area contributed by atoms with Crippen LogP contribution in [0.1, 0.15) is 38.1 Å². The molecule has 3 heteroatoms. The third-order valence-corrected chi connectivity index (χ3v) is 2.56. The van der Waals surface area contributed by atoms with Gasteiger partial charge < -0.3 is 10.6 Å². The molecule has 0 fully saturated rings. The van der Waals surface area contributed by atoms with E-state index >= 15 is 0 Å². The Morgan fingerprint density at radius 2 is 1.88 bits per heavy atom. The Morgan fingerprint density at radius 3 is 2.31 bits per heavy atom. The minimum Gasteiger partial charge on any atom is -0.398 e. The second-order valence-corrected chi connectivity index (χ2v) is 4.81. The number of hydrogen-bond acceptors (Lipinski definition) is 2. The molecule has 1 aromatic rings. The highest BCUT2D eigenvalue weighted by Crippen LogP contribution is 2.20. The van der Waals surface area contributed by atoms with Gasteiger partial charge in [-0.05, 0) is 39.8 Å². The molecule has 0 heterocycles. The SMILES string of the molecule is CCN(C(=O)c1ccccc1N)C(C)(C)C. The molecule has 0 saturated heterocycles. The lowest BCUT2D eigenvalue weighted by atomic mass is 10.0. The number of anilines is 1. The van der Waals surface area contributed by atoms with E-state index in [0.717, 1.165) is 0 Å². The smallest absolute Gasteiger partial charge is 0.256 e. The van der Waals surface area contributed by atoms with Crippen LogP contribution in [-0.4, -0.2) is 22.9 Å². The van der Waals surface area contributed by atoms with Gasteiger partial charge in [-0.15, -0.1) is 0 Å². The predicted octanol–water partition coefficient (Wildman–Crippen LogP) is 2.53. The maximum atomic E-state index is 12.3. The van der Waals surface area contributed by atoms with Gasteiger partial charge in [0.15, 0.2) is 0 Å². The minimum atomic E-state index is -0.186. The van der Waals surface area contributed by atoms with E-state index < -0.39 is 0 Å². The number of amides is 1. The van der Waals surface area contributed by atoms with Crippen molar-refractivity contribution in [3.8, 4) is 0 Å². The summed E-state index contributed by atoms with van der Waals surface area (Å²) in [5.41, 5.74) is 6.74. The first-order valence-corrected chi connectivity index (χ1v) is 5.54. The number of nitrogen functional groups attached to an aromatic ring is 1. The number of hydrogen-bond donors (Lipinski definition) is 1. The van der Waals surface area contributed by atoms with Crippen molar-refractivity contribution in [2.75, 3.05) is 12.3 Å². The summed E-state index contributed by atoms with van der Waals surface area (Å²) in [6, 6.07) is 7.19. The van der Waals surface area contributed by atoms with Crippen molar-refractivity contribution in [3.63, 3.8) is 0 Å². The van der Waals surface area contributed by atoms with Crippen molar-refractivity contribution in [2.24, 2.45) is 0 Å². The molecule has 3 nitrogen and oxygen atoms in total. The zero-order valence-electron chi connectivity index (χ0n) is 10.4. The molecule has 0 aliphatic rings. The highest BCUT2D eigenvalue weighted by molar-refractivity contribution is 5.99. The molecular formula is C13H20N2O. The Kier molecular flexibility index (Phi) is 3.58. The number of rotatable bonds is 2. The maximum absolute atomic E-state index is 12.3. The van der Waals surface area contributed by atoms with Crippen molar-refractivity contribution >= 4 is 11.6 Å². The van der Waals surface area contributed by atoms with Crippen LogP contribution in [0.15, 0.2) is 24.3 Å². The van der Waals surface area contributed by atoms with Crippen LogP contribution in [0, 0.1) is 0 Å². The van der Waals surface area contributed by atoms with Crippen LogP contribution in [0.2, 0.25) is 0 Å². The molecule has 16 heavy (non-hydrogen) atoms. The molecule has 1 rings (SSSR count). The van der Waals surface area contributed by atoms with Gasteiger partial charge in [-0.25, -0.2) is 0 Å². The number of nitrogens with two attached hydrogens (primary N) is 1. The third kappa shape index (κ3) is 2.54. The summed E-state index contributed by atoms with van der Waals surface area (Å²) < 4.78 is 0. The second-order valence-electron chi connectivity index (χ2n) is 4.81. The van der Waals surface area contributed by atoms with Gasteiger partial charge in [0.25, 0.3) is 5.91 Å². The highest BCUT2D eigenvalue weighted by atomic mass is 16.2. The lowest BCUT2D eigenvalue weighted by Crippen LogP contribution is -2.45. The van der Waals surface area contributed by atoms with Crippen LogP contribution in [0.5, 0.6) is 0 Å². The summed E-state index contributed by atoms with van der Waals surface area (Å²) in [5.74, 6) is -0.00639. The van der Waals surface area contributed by atoms with E-state index in [9.17, 15) is 4.79 Å². The Hall–Kier alpha value is -1.51. The standard InChI is InChI=1S/C13H20N2O/c1-5-15(13(2,3)4)12(16)10-8-6-7-9-11(10)14/h6-9H,5,14H2,1-4H3. The maximum Gasteiger partial charge on any atom is 0.256 e. The molecule has 0 saturated carbocycles. The number of carbonyl (C=O) groups is 1. The Labute approximate surface area is 97.2 Å². The predicted molar refractivity (Wildman–Crippen MR) is 67.3 cm³/mol. The third-order valence-electron chi connectivity index (χ3n) is 2.56. The van der Waals surface area contributed by atoms with Crippen LogP contribution < -0.4 is 5.73 Å². The van der Waals surface area contributed by atoms with Crippen LogP contribution in [0.3, 0.4) is 0 Å². The average molecular weight is 220 g/mol. The van der Waals surface area contributed by atoms with Crippen LogP contribution >= 0.6 is 0 Å². The molecule has 0 atom stereocenters. The fourth-order valence-corrected chi connectivity index (χ4v) is 1.76. The van der Waals surface area contributed by atoms with Crippen molar-refractivity contribution < 1.29 is 4.79 Å². The first-order valence-electron chi connectivity index (χ1n) is 5.54.